The van der Waals surface area contributed by atoms with Crippen LogP contribution in [0.2, 0.25) is 0 Å². The van der Waals surface area contributed by atoms with E-state index in [4.69, 9.17) is 4.74 Å². The summed E-state index contributed by atoms with van der Waals surface area (Å²) in [5.74, 6) is 0.904. The van der Waals surface area contributed by atoms with Gasteiger partial charge in [0.2, 0.25) is 0 Å². The Labute approximate surface area is 328 Å². The van der Waals surface area contributed by atoms with Gasteiger partial charge in [0.05, 0.1) is 6.61 Å². The van der Waals surface area contributed by atoms with E-state index in [0.29, 0.717) is 18.4 Å². The largest absolute Gasteiger partial charge is 0.449 e. The van der Waals surface area contributed by atoms with E-state index in [0.717, 1.165) is 111 Å². The Kier molecular flexibility index (Phi) is 13.9. The highest BCUT2D eigenvalue weighted by Crippen LogP contribution is 2.28. The van der Waals surface area contributed by atoms with E-state index in [-0.39, 0.29) is 12.1 Å². The zero-order valence-corrected chi connectivity index (χ0v) is 32.5. The number of hydrogen-bond acceptors (Lipinski definition) is 5. The average Bonchev–Trinajstić information content (AvgIpc) is 3.76. The second-order valence-corrected chi connectivity index (χ2v) is 15.7. The van der Waals surface area contributed by atoms with Crippen molar-refractivity contribution in [2.75, 3.05) is 65.5 Å². The van der Waals surface area contributed by atoms with Gasteiger partial charge in [0.25, 0.3) is 0 Å². The van der Waals surface area contributed by atoms with Gasteiger partial charge in [0.15, 0.2) is 0 Å². The molecule has 8 heteroatoms. The highest BCUT2D eigenvalue weighted by Gasteiger charge is 2.28. The monoisotopic (exact) mass is 741 g/mol. The summed E-state index contributed by atoms with van der Waals surface area (Å²) in [6, 6.07) is 38.6. The van der Waals surface area contributed by atoms with Crippen LogP contribution in [0.25, 0.3) is 0 Å². The van der Waals surface area contributed by atoms with E-state index < -0.39 is 0 Å². The van der Waals surface area contributed by atoms with Crippen molar-refractivity contribution in [1.29, 1.82) is 0 Å². The Morgan fingerprint density at radius 3 is 1.73 bits per heavy atom. The molecule has 4 aliphatic heterocycles. The molecule has 3 amide bonds. The Bertz CT molecular complexity index is 1800. The number of hydrogen-bond donors (Lipinski definition) is 1. The lowest BCUT2D eigenvalue weighted by molar-refractivity contribution is 0.104. The predicted octanol–water partition coefficient (Wildman–Crippen LogP) is 8.08. The van der Waals surface area contributed by atoms with Gasteiger partial charge in [0.1, 0.15) is 0 Å². The van der Waals surface area contributed by atoms with Gasteiger partial charge < -0.3 is 19.9 Å². The summed E-state index contributed by atoms with van der Waals surface area (Å²) in [6.07, 6.45) is 7.27. The fraction of sp³-hybridized carbons (Fsp3) is 0.447. The summed E-state index contributed by atoms with van der Waals surface area (Å²) in [6.45, 7) is 10.8. The molecular weight excluding hydrogens is 683 g/mol. The number of fused-ring (bicyclic) bond motifs is 2. The summed E-state index contributed by atoms with van der Waals surface area (Å²) in [5, 5.41) is 3.14. The Hall–Kier alpha value is -4.66. The molecule has 8 nitrogen and oxygen atoms in total. The molecule has 0 aromatic heterocycles. The molecule has 0 spiro atoms. The summed E-state index contributed by atoms with van der Waals surface area (Å²) >= 11 is 0. The van der Waals surface area contributed by atoms with Gasteiger partial charge in [-0.1, -0.05) is 109 Å². The van der Waals surface area contributed by atoms with Crippen LogP contribution in [-0.2, 0) is 30.7 Å². The predicted molar refractivity (Wildman–Crippen MR) is 220 cm³/mol. The molecule has 290 valence electrons. The first kappa shape index (κ1) is 38.6. The molecule has 0 bridgehead atoms. The number of nitrogens with zero attached hydrogens (tertiary/aromatic N) is 4. The van der Waals surface area contributed by atoms with E-state index >= 15 is 0 Å². The fourth-order valence-electron chi connectivity index (χ4n) is 8.72. The van der Waals surface area contributed by atoms with Gasteiger partial charge in [-0.3, -0.25) is 9.80 Å². The average molecular weight is 742 g/mol. The van der Waals surface area contributed by atoms with Crippen LogP contribution in [0.1, 0.15) is 77.3 Å². The topological polar surface area (TPSA) is 68.4 Å². The van der Waals surface area contributed by atoms with Crippen molar-refractivity contribution in [1.82, 2.24) is 24.9 Å². The number of ether oxygens (including phenoxy) is 1. The second-order valence-electron chi connectivity index (χ2n) is 15.7. The van der Waals surface area contributed by atoms with Crippen LogP contribution in [0.5, 0.6) is 0 Å². The van der Waals surface area contributed by atoms with Crippen molar-refractivity contribution in [3.05, 3.63) is 143 Å². The van der Waals surface area contributed by atoms with Crippen molar-refractivity contribution in [2.45, 2.75) is 69.9 Å². The number of urea groups is 1. The SMILES string of the molecule is O=C(NCCCN1CCc2ccccc2C1)N1CCCC(c2ccccc2)C1.O=C(OCCCN1CCc2ccccc2C1)N1CCC(c2ccccc2)C1. The quantitative estimate of drug-likeness (QED) is 0.167. The van der Waals surface area contributed by atoms with E-state index in [1.54, 1.807) is 0 Å². The van der Waals surface area contributed by atoms with Crippen LogP contribution < -0.4 is 5.32 Å². The smallest absolute Gasteiger partial charge is 0.409 e. The maximum Gasteiger partial charge on any atom is 0.409 e. The minimum atomic E-state index is -0.155. The van der Waals surface area contributed by atoms with Crippen molar-refractivity contribution in [2.24, 2.45) is 0 Å². The van der Waals surface area contributed by atoms with Gasteiger partial charge in [0, 0.05) is 83.8 Å². The minimum absolute atomic E-state index is 0.102. The normalized spacial score (nSPS) is 19.8. The highest BCUT2D eigenvalue weighted by molar-refractivity contribution is 5.74. The van der Waals surface area contributed by atoms with Crippen molar-refractivity contribution in [3.63, 3.8) is 0 Å². The van der Waals surface area contributed by atoms with Crippen molar-refractivity contribution in [3.8, 4) is 0 Å². The number of benzene rings is 4. The summed E-state index contributed by atoms with van der Waals surface area (Å²) in [5.41, 5.74) is 8.53. The number of nitrogens with one attached hydrogen (secondary N) is 1. The molecule has 2 fully saturated rings. The van der Waals surface area contributed by atoms with E-state index in [1.165, 1.54) is 39.8 Å². The fourth-order valence-corrected chi connectivity index (χ4v) is 8.72. The first-order valence-corrected chi connectivity index (χ1v) is 20.7. The van der Waals surface area contributed by atoms with Gasteiger partial charge in [-0.25, -0.2) is 9.59 Å². The van der Waals surface area contributed by atoms with Crippen molar-refractivity contribution >= 4 is 12.1 Å². The second kappa shape index (κ2) is 19.8. The third-order valence-corrected chi connectivity index (χ3v) is 11.9. The third kappa shape index (κ3) is 11.0. The van der Waals surface area contributed by atoms with Gasteiger partial charge in [-0.15, -0.1) is 0 Å². The standard InChI is InChI=1S/C24H31N3O.C23H28N2O2/c28-24(27-16-6-12-23(19-27)20-8-2-1-3-9-20)25-14-7-15-26-17-13-21-10-4-5-11-22(21)18-26;26-23(25-15-12-22(18-25)19-7-2-1-3-8-19)27-16-6-13-24-14-11-20-9-4-5-10-21(20)17-24/h1-5,8-11,23H,6-7,12-19H2,(H,25,28);1-5,7-10,22H,6,11-18H2. The van der Waals surface area contributed by atoms with Gasteiger partial charge >= 0.3 is 12.1 Å². The van der Waals surface area contributed by atoms with Gasteiger partial charge in [-0.05, 0) is 78.3 Å². The lowest BCUT2D eigenvalue weighted by Gasteiger charge is -2.33. The molecule has 55 heavy (non-hydrogen) atoms. The molecule has 2 unspecified atom stereocenters. The summed E-state index contributed by atoms with van der Waals surface area (Å²) in [7, 11) is 0. The molecular formula is C47H59N5O3. The molecule has 1 N–H and O–H groups in total. The maximum absolute atomic E-state index is 12.6. The van der Waals surface area contributed by atoms with Crippen LogP contribution in [0.3, 0.4) is 0 Å². The number of amides is 3. The van der Waals surface area contributed by atoms with Gasteiger partial charge in [-0.2, -0.15) is 0 Å². The molecule has 4 aliphatic rings. The van der Waals surface area contributed by atoms with Crippen LogP contribution in [0.15, 0.2) is 109 Å². The lowest BCUT2D eigenvalue weighted by Crippen LogP contribution is -2.45. The molecule has 2 saturated heterocycles. The maximum atomic E-state index is 12.6. The summed E-state index contributed by atoms with van der Waals surface area (Å²) < 4.78 is 5.53. The molecule has 4 aromatic carbocycles. The van der Waals surface area contributed by atoms with Crippen LogP contribution >= 0.6 is 0 Å². The van der Waals surface area contributed by atoms with Crippen LogP contribution in [-0.4, -0.2) is 97.2 Å². The Morgan fingerprint density at radius 2 is 1.11 bits per heavy atom. The number of likely N-dealkylation sites (tertiary alicyclic amines) is 2. The molecule has 2 atom stereocenters. The van der Waals surface area contributed by atoms with Crippen LogP contribution in [0.4, 0.5) is 9.59 Å². The molecule has 0 aliphatic carbocycles. The lowest BCUT2D eigenvalue weighted by atomic mass is 9.91. The third-order valence-electron chi connectivity index (χ3n) is 11.9. The highest BCUT2D eigenvalue weighted by atomic mass is 16.6. The number of piperidine rings is 1. The number of carbonyl (C=O) groups is 2. The molecule has 0 radical (unpaired) electrons. The number of rotatable bonds is 10. The zero-order chi connectivity index (χ0) is 37.7. The molecule has 4 heterocycles. The molecule has 8 rings (SSSR count). The van der Waals surface area contributed by atoms with Crippen LogP contribution in [0, 0.1) is 0 Å². The van der Waals surface area contributed by atoms with E-state index in [1.807, 2.05) is 15.9 Å². The summed E-state index contributed by atoms with van der Waals surface area (Å²) in [4.78, 5) is 33.7. The Balaban J connectivity index is 0.000000169. The first-order chi connectivity index (χ1) is 27.1. The van der Waals surface area contributed by atoms with E-state index in [9.17, 15) is 9.59 Å². The molecule has 0 saturated carbocycles. The van der Waals surface area contributed by atoms with Crippen molar-refractivity contribution < 1.29 is 14.3 Å². The Morgan fingerprint density at radius 1 is 0.582 bits per heavy atom. The first-order valence-electron chi connectivity index (χ1n) is 20.7. The zero-order valence-electron chi connectivity index (χ0n) is 32.5. The number of carbonyl (C=O) groups excluding carboxylic acids is 2. The molecule has 4 aromatic rings. The van der Waals surface area contributed by atoms with E-state index in [2.05, 4.69) is 118 Å². The minimum Gasteiger partial charge on any atom is -0.449 e.